The average Bonchev–Trinajstić information content (AvgIpc) is 2.96. The highest BCUT2D eigenvalue weighted by Crippen LogP contribution is 2.36. The van der Waals surface area contributed by atoms with Crippen LogP contribution in [-0.2, 0) is 26.3 Å². The molecule has 10 heteroatoms. The number of aromatic nitrogens is 4. The molecular formula is C15H19BrF3N5O. The van der Waals surface area contributed by atoms with Crippen LogP contribution >= 0.6 is 15.9 Å². The van der Waals surface area contributed by atoms with Crippen molar-refractivity contribution in [2.24, 2.45) is 7.05 Å². The van der Waals surface area contributed by atoms with Crippen molar-refractivity contribution >= 4 is 21.8 Å². The molecule has 0 saturated carbocycles. The number of carbonyl (C=O) groups is 1. The van der Waals surface area contributed by atoms with E-state index in [4.69, 9.17) is 0 Å². The summed E-state index contributed by atoms with van der Waals surface area (Å²) < 4.78 is 41.3. The van der Waals surface area contributed by atoms with Crippen molar-refractivity contribution in [2.45, 2.75) is 40.0 Å². The number of hydrogen-bond acceptors (Lipinski definition) is 3. The summed E-state index contributed by atoms with van der Waals surface area (Å²) in [7, 11) is 2.85. The van der Waals surface area contributed by atoms with E-state index in [2.05, 4.69) is 26.1 Å². The number of aryl methyl sites for hydroxylation is 3. The molecule has 0 N–H and O–H groups in total. The van der Waals surface area contributed by atoms with Gasteiger partial charge in [0.15, 0.2) is 5.69 Å². The van der Waals surface area contributed by atoms with Crippen molar-refractivity contribution in [1.29, 1.82) is 0 Å². The summed E-state index contributed by atoms with van der Waals surface area (Å²) in [6, 6.07) is 0. The molecule has 0 atom stereocenters. The molecule has 0 spiro atoms. The van der Waals surface area contributed by atoms with Gasteiger partial charge in [-0.25, -0.2) is 0 Å². The van der Waals surface area contributed by atoms with Gasteiger partial charge < -0.3 is 4.90 Å². The number of carbonyl (C=O) groups excluding carboxylic acids is 1. The fourth-order valence-corrected chi connectivity index (χ4v) is 3.40. The summed E-state index contributed by atoms with van der Waals surface area (Å²) in [4.78, 5) is 14.0. The lowest BCUT2D eigenvalue weighted by Crippen LogP contribution is -2.28. The minimum Gasteiger partial charge on any atom is -0.336 e. The highest BCUT2D eigenvalue weighted by atomic mass is 79.9. The smallest absolute Gasteiger partial charge is 0.336 e. The molecule has 0 aliphatic heterocycles. The van der Waals surface area contributed by atoms with Gasteiger partial charge in [-0.15, -0.1) is 0 Å². The zero-order valence-electron chi connectivity index (χ0n) is 14.6. The monoisotopic (exact) mass is 421 g/mol. The van der Waals surface area contributed by atoms with E-state index in [1.165, 1.54) is 19.0 Å². The van der Waals surface area contributed by atoms with Gasteiger partial charge in [0.1, 0.15) is 5.69 Å². The molecule has 0 saturated heterocycles. The molecule has 6 nitrogen and oxygen atoms in total. The Morgan fingerprint density at radius 2 is 1.88 bits per heavy atom. The lowest BCUT2D eigenvalue weighted by atomic mass is 10.2. The molecule has 1 amide bonds. The van der Waals surface area contributed by atoms with Gasteiger partial charge in [-0.3, -0.25) is 14.2 Å². The first-order chi connectivity index (χ1) is 11.5. The van der Waals surface area contributed by atoms with Crippen LogP contribution in [0, 0.1) is 13.8 Å². The first-order valence-corrected chi connectivity index (χ1v) is 8.36. The molecule has 2 heterocycles. The van der Waals surface area contributed by atoms with E-state index < -0.39 is 17.8 Å². The second kappa shape index (κ2) is 6.81. The van der Waals surface area contributed by atoms with Crippen LogP contribution in [-0.4, -0.2) is 37.4 Å². The predicted octanol–water partition coefficient (Wildman–Crippen LogP) is 3.31. The van der Waals surface area contributed by atoms with Crippen molar-refractivity contribution in [3.05, 3.63) is 32.8 Å². The number of amides is 1. The van der Waals surface area contributed by atoms with Crippen molar-refractivity contribution in [2.75, 3.05) is 7.05 Å². The molecule has 2 aromatic rings. The normalized spacial score (nSPS) is 11.9. The van der Waals surface area contributed by atoms with E-state index in [0.29, 0.717) is 6.54 Å². The highest BCUT2D eigenvalue weighted by Gasteiger charge is 2.39. The second-order valence-electron chi connectivity index (χ2n) is 5.76. The third kappa shape index (κ3) is 3.58. The summed E-state index contributed by atoms with van der Waals surface area (Å²) in [6.07, 6.45) is -4.64. The standard InChI is InChI=1S/C15H19BrF3N5O/c1-6-24-9(3)10(8(2)20-24)7-22(4)14(25)12-11(16)13(15(17,18)19)21-23(12)5/h6-7H2,1-5H3. The molecule has 0 radical (unpaired) electrons. The number of nitrogens with zero attached hydrogens (tertiary/aromatic N) is 5. The Morgan fingerprint density at radius 3 is 2.32 bits per heavy atom. The van der Waals surface area contributed by atoms with E-state index in [1.54, 1.807) is 0 Å². The molecule has 138 valence electrons. The summed E-state index contributed by atoms with van der Waals surface area (Å²) in [6.45, 7) is 6.65. The van der Waals surface area contributed by atoms with Crippen LogP contribution in [0.25, 0.3) is 0 Å². The maximum absolute atomic E-state index is 13.0. The Bertz CT molecular complexity index is 809. The summed E-state index contributed by atoms with van der Waals surface area (Å²) in [5.41, 5.74) is 1.34. The SMILES string of the molecule is CCn1nc(C)c(CN(C)C(=O)c2c(Br)c(C(F)(F)F)nn2C)c1C. The van der Waals surface area contributed by atoms with Gasteiger partial charge in [-0.05, 0) is 36.7 Å². The number of rotatable bonds is 4. The van der Waals surface area contributed by atoms with Crippen LogP contribution in [0.5, 0.6) is 0 Å². The van der Waals surface area contributed by atoms with Crippen molar-refractivity contribution in [1.82, 2.24) is 24.5 Å². The molecule has 0 bridgehead atoms. The predicted molar refractivity (Wildman–Crippen MR) is 89.1 cm³/mol. The first kappa shape index (κ1) is 19.5. The quantitative estimate of drug-likeness (QED) is 0.760. The lowest BCUT2D eigenvalue weighted by Gasteiger charge is -2.18. The maximum Gasteiger partial charge on any atom is 0.436 e. The van der Waals surface area contributed by atoms with Gasteiger partial charge >= 0.3 is 6.18 Å². The Hall–Kier alpha value is -1.84. The molecular weight excluding hydrogens is 403 g/mol. The van der Waals surface area contributed by atoms with Gasteiger partial charge in [-0.2, -0.15) is 23.4 Å². The van der Waals surface area contributed by atoms with E-state index >= 15 is 0 Å². The van der Waals surface area contributed by atoms with E-state index in [9.17, 15) is 18.0 Å². The zero-order chi connectivity index (χ0) is 19.1. The van der Waals surface area contributed by atoms with Crippen molar-refractivity contribution in [3.8, 4) is 0 Å². The van der Waals surface area contributed by atoms with Gasteiger partial charge in [0.2, 0.25) is 0 Å². The average molecular weight is 422 g/mol. The van der Waals surface area contributed by atoms with Crippen LogP contribution in [0.15, 0.2) is 4.47 Å². The van der Waals surface area contributed by atoms with Crippen LogP contribution in [0.4, 0.5) is 13.2 Å². The van der Waals surface area contributed by atoms with Crippen molar-refractivity contribution in [3.63, 3.8) is 0 Å². The molecule has 2 aromatic heterocycles. The summed E-state index contributed by atoms with van der Waals surface area (Å²) >= 11 is 2.87. The summed E-state index contributed by atoms with van der Waals surface area (Å²) in [5.74, 6) is -0.555. The number of hydrogen-bond donors (Lipinski definition) is 0. The third-order valence-electron chi connectivity index (χ3n) is 4.03. The lowest BCUT2D eigenvalue weighted by molar-refractivity contribution is -0.142. The van der Waals surface area contributed by atoms with Crippen LogP contribution in [0.1, 0.15) is 40.1 Å². The highest BCUT2D eigenvalue weighted by molar-refractivity contribution is 9.10. The molecule has 25 heavy (non-hydrogen) atoms. The van der Waals surface area contributed by atoms with Gasteiger partial charge in [0.05, 0.1) is 10.2 Å². The summed E-state index contributed by atoms with van der Waals surface area (Å²) in [5, 5.41) is 7.81. The molecule has 0 aromatic carbocycles. The maximum atomic E-state index is 13.0. The Morgan fingerprint density at radius 1 is 1.28 bits per heavy atom. The Kier molecular flexibility index (Phi) is 5.31. The molecule has 0 unspecified atom stereocenters. The molecule has 0 aliphatic rings. The third-order valence-corrected chi connectivity index (χ3v) is 4.78. The number of alkyl halides is 3. The van der Waals surface area contributed by atoms with Gasteiger partial charge in [0.25, 0.3) is 5.91 Å². The van der Waals surface area contributed by atoms with Gasteiger partial charge in [-0.1, -0.05) is 0 Å². The Labute approximate surface area is 151 Å². The van der Waals surface area contributed by atoms with Crippen LogP contribution < -0.4 is 0 Å². The largest absolute Gasteiger partial charge is 0.436 e. The fraction of sp³-hybridized carbons (Fsp3) is 0.533. The van der Waals surface area contributed by atoms with Crippen molar-refractivity contribution < 1.29 is 18.0 Å². The number of halogens is 4. The first-order valence-electron chi connectivity index (χ1n) is 7.57. The molecule has 2 rings (SSSR count). The van der Waals surface area contributed by atoms with E-state index in [-0.39, 0.29) is 16.7 Å². The van der Waals surface area contributed by atoms with Crippen LogP contribution in [0.2, 0.25) is 0 Å². The van der Waals surface area contributed by atoms with Gasteiger partial charge in [0, 0.05) is 38.4 Å². The zero-order valence-corrected chi connectivity index (χ0v) is 16.2. The van der Waals surface area contributed by atoms with E-state index in [0.717, 1.165) is 21.6 Å². The second-order valence-corrected chi connectivity index (χ2v) is 6.55. The topological polar surface area (TPSA) is 56.0 Å². The van der Waals surface area contributed by atoms with Crippen LogP contribution in [0.3, 0.4) is 0 Å². The minimum atomic E-state index is -4.64. The fourth-order valence-electron chi connectivity index (χ4n) is 2.67. The Balaban J connectivity index is 2.33. The van der Waals surface area contributed by atoms with E-state index in [1.807, 2.05) is 25.5 Å². The molecule has 0 fully saturated rings. The molecule has 0 aliphatic carbocycles. The minimum absolute atomic E-state index is 0.145.